The molecule has 7 heteroatoms. The summed E-state index contributed by atoms with van der Waals surface area (Å²) in [4.78, 5) is 14.7. The molecule has 23 heavy (non-hydrogen) atoms. The summed E-state index contributed by atoms with van der Waals surface area (Å²) in [6, 6.07) is 9.03. The molecule has 1 fully saturated rings. The second-order valence-corrected chi connectivity index (χ2v) is 5.62. The van der Waals surface area contributed by atoms with Crippen LogP contribution in [0, 0.1) is 0 Å². The standard InChI is InChI=1S/C16H14N2O4.ClH/c19-15(20)18-10-4-5-13(17-8-10)22-12-3-1-2-11-14(12)16(6-7-16)9-21-11;/h1-5,8,18H,6-7,9H2,(H,19,20);1H. The van der Waals surface area contributed by atoms with Gasteiger partial charge < -0.3 is 14.6 Å². The first-order valence-electron chi connectivity index (χ1n) is 7.06. The van der Waals surface area contributed by atoms with Crippen LogP contribution < -0.4 is 14.8 Å². The predicted molar refractivity (Wildman–Crippen MR) is 86.1 cm³/mol. The van der Waals surface area contributed by atoms with Gasteiger partial charge in [-0.1, -0.05) is 6.07 Å². The molecule has 0 atom stereocenters. The van der Waals surface area contributed by atoms with Gasteiger partial charge in [0.05, 0.1) is 18.5 Å². The second-order valence-electron chi connectivity index (χ2n) is 5.62. The first-order chi connectivity index (χ1) is 10.7. The van der Waals surface area contributed by atoms with Crippen LogP contribution in [0.1, 0.15) is 18.4 Å². The highest BCUT2D eigenvalue weighted by atomic mass is 35.5. The quantitative estimate of drug-likeness (QED) is 0.892. The van der Waals surface area contributed by atoms with Crippen molar-refractivity contribution < 1.29 is 19.4 Å². The molecule has 0 bridgehead atoms. The highest BCUT2D eigenvalue weighted by Crippen LogP contribution is 2.58. The largest absolute Gasteiger partial charge is 0.492 e. The molecule has 1 aliphatic heterocycles. The monoisotopic (exact) mass is 334 g/mol. The minimum atomic E-state index is -1.12. The third-order valence-electron chi connectivity index (χ3n) is 4.08. The molecule has 1 aliphatic carbocycles. The van der Waals surface area contributed by atoms with Crippen molar-refractivity contribution in [2.24, 2.45) is 0 Å². The minimum absolute atomic E-state index is 0. The third-order valence-corrected chi connectivity index (χ3v) is 4.08. The number of halogens is 1. The molecule has 6 nitrogen and oxygen atoms in total. The van der Waals surface area contributed by atoms with Crippen LogP contribution in [0.2, 0.25) is 0 Å². The van der Waals surface area contributed by atoms with Gasteiger partial charge in [0.1, 0.15) is 11.5 Å². The van der Waals surface area contributed by atoms with E-state index in [0.717, 1.165) is 36.5 Å². The van der Waals surface area contributed by atoms with Crippen molar-refractivity contribution in [3.05, 3.63) is 42.1 Å². The molecular formula is C16H15ClN2O4. The summed E-state index contributed by atoms with van der Waals surface area (Å²) in [5.41, 5.74) is 1.65. The summed E-state index contributed by atoms with van der Waals surface area (Å²) >= 11 is 0. The summed E-state index contributed by atoms with van der Waals surface area (Å²) in [6.45, 7) is 0.720. The van der Waals surface area contributed by atoms with Gasteiger partial charge >= 0.3 is 6.09 Å². The Morgan fingerprint density at radius 3 is 2.78 bits per heavy atom. The van der Waals surface area contributed by atoms with Gasteiger partial charge in [0, 0.05) is 17.0 Å². The molecule has 2 N–H and O–H groups in total. The smallest absolute Gasteiger partial charge is 0.409 e. The molecule has 0 radical (unpaired) electrons. The zero-order chi connectivity index (χ0) is 15.2. The van der Waals surface area contributed by atoms with E-state index in [9.17, 15) is 4.79 Å². The zero-order valence-electron chi connectivity index (χ0n) is 12.1. The molecule has 2 heterocycles. The van der Waals surface area contributed by atoms with Crippen molar-refractivity contribution >= 4 is 24.2 Å². The van der Waals surface area contributed by atoms with Crippen LogP contribution in [-0.2, 0) is 5.41 Å². The van der Waals surface area contributed by atoms with Gasteiger partial charge in [-0.15, -0.1) is 12.4 Å². The fraction of sp³-hybridized carbons (Fsp3) is 0.250. The fourth-order valence-corrected chi connectivity index (χ4v) is 2.82. The lowest BCUT2D eigenvalue weighted by Gasteiger charge is -2.12. The lowest BCUT2D eigenvalue weighted by atomic mass is 9.97. The number of ether oxygens (including phenoxy) is 2. The number of benzene rings is 1. The fourth-order valence-electron chi connectivity index (χ4n) is 2.82. The van der Waals surface area contributed by atoms with E-state index in [1.54, 1.807) is 12.1 Å². The summed E-state index contributed by atoms with van der Waals surface area (Å²) in [6.07, 6.45) is 2.55. The van der Waals surface area contributed by atoms with Gasteiger partial charge in [-0.25, -0.2) is 9.78 Å². The molecule has 1 amide bonds. The highest BCUT2D eigenvalue weighted by molar-refractivity contribution is 5.85. The zero-order valence-corrected chi connectivity index (χ0v) is 12.9. The summed E-state index contributed by atoms with van der Waals surface area (Å²) in [5, 5.41) is 10.9. The first-order valence-corrected chi connectivity index (χ1v) is 7.06. The number of carbonyl (C=O) groups is 1. The van der Waals surface area contributed by atoms with Crippen LogP contribution in [-0.4, -0.2) is 22.8 Å². The normalized spacial score (nSPS) is 16.0. The molecule has 1 spiro atoms. The van der Waals surface area contributed by atoms with Crippen LogP contribution in [0.25, 0.3) is 0 Å². The number of fused-ring (bicyclic) bond motifs is 2. The Labute approximate surface area is 138 Å². The second kappa shape index (κ2) is 5.62. The van der Waals surface area contributed by atoms with Crippen molar-refractivity contribution in [3.8, 4) is 17.4 Å². The van der Waals surface area contributed by atoms with E-state index < -0.39 is 6.09 Å². The molecule has 4 rings (SSSR count). The van der Waals surface area contributed by atoms with Crippen LogP contribution >= 0.6 is 12.4 Å². The number of amides is 1. The molecule has 120 valence electrons. The topological polar surface area (TPSA) is 80.7 Å². The van der Waals surface area contributed by atoms with E-state index in [0.29, 0.717) is 11.6 Å². The number of hydrogen-bond donors (Lipinski definition) is 2. The maximum absolute atomic E-state index is 10.6. The lowest BCUT2D eigenvalue weighted by Crippen LogP contribution is -2.08. The molecule has 2 aromatic rings. The molecule has 2 aliphatic rings. The Morgan fingerprint density at radius 1 is 1.30 bits per heavy atom. The van der Waals surface area contributed by atoms with Crippen molar-refractivity contribution in [1.82, 2.24) is 4.98 Å². The molecule has 1 saturated carbocycles. The highest BCUT2D eigenvalue weighted by Gasteiger charge is 2.52. The maximum atomic E-state index is 10.6. The summed E-state index contributed by atoms with van der Waals surface area (Å²) < 4.78 is 11.6. The van der Waals surface area contributed by atoms with Crippen LogP contribution in [0.15, 0.2) is 36.5 Å². The van der Waals surface area contributed by atoms with E-state index in [1.165, 1.54) is 6.20 Å². The van der Waals surface area contributed by atoms with Gasteiger partial charge in [0.15, 0.2) is 0 Å². The third kappa shape index (κ3) is 2.77. The summed E-state index contributed by atoms with van der Waals surface area (Å²) in [7, 11) is 0. The average Bonchev–Trinajstić information content (AvgIpc) is 3.17. The molecule has 0 unspecified atom stereocenters. The van der Waals surface area contributed by atoms with E-state index in [2.05, 4.69) is 10.3 Å². The molecule has 1 aromatic heterocycles. The number of rotatable bonds is 3. The van der Waals surface area contributed by atoms with Crippen LogP contribution in [0.4, 0.5) is 10.5 Å². The lowest BCUT2D eigenvalue weighted by molar-refractivity contribution is 0.209. The average molecular weight is 335 g/mol. The van der Waals surface area contributed by atoms with Crippen molar-refractivity contribution in [3.63, 3.8) is 0 Å². The van der Waals surface area contributed by atoms with Gasteiger partial charge in [-0.2, -0.15) is 0 Å². The SMILES string of the molecule is Cl.O=C(O)Nc1ccc(Oc2cccc3c2C2(CC2)CO3)nc1. The van der Waals surface area contributed by atoms with Gasteiger partial charge in [0.25, 0.3) is 0 Å². The van der Waals surface area contributed by atoms with Gasteiger partial charge in [-0.3, -0.25) is 5.32 Å². The maximum Gasteiger partial charge on any atom is 0.409 e. The van der Waals surface area contributed by atoms with E-state index in [1.807, 2.05) is 18.2 Å². The van der Waals surface area contributed by atoms with Crippen molar-refractivity contribution in [2.45, 2.75) is 18.3 Å². The van der Waals surface area contributed by atoms with E-state index in [4.69, 9.17) is 14.6 Å². The molecule has 0 saturated heterocycles. The van der Waals surface area contributed by atoms with E-state index in [-0.39, 0.29) is 17.8 Å². The Bertz CT molecular complexity index is 744. The molecular weight excluding hydrogens is 320 g/mol. The number of nitrogens with one attached hydrogen (secondary N) is 1. The Balaban J connectivity index is 0.00000156. The Kier molecular flexibility index (Phi) is 3.77. The number of hydrogen-bond acceptors (Lipinski definition) is 4. The van der Waals surface area contributed by atoms with Crippen LogP contribution in [0.3, 0.4) is 0 Å². The molecule has 1 aromatic carbocycles. The summed E-state index contributed by atoms with van der Waals surface area (Å²) in [5.74, 6) is 2.07. The Morgan fingerprint density at radius 2 is 2.13 bits per heavy atom. The number of pyridine rings is 1. The number of aromatic nitrogens is 1. The van der Waals surface area contributed by atoms with Crippen molar-refractivity contribution in [1.29, 1.82) is 0 Å². The predicted octanol–water partition coefficient (Wildman–Crippen LogP) is 3.81. The van der Waals surface area contributed by atoms with Gasteiger partial charge in [0.2, 0.25) is 5.88 Å². The Hall–Kier alpha value is -2.47. The number of carboxylic acid groups (broad SMARTS) is 1. The number of anilines is 1. The van der Waals surface area contributed by atoms with Crippen LogP contribution in [0.5, 0.6) is 17.4 Å². The number of nitrogens with zero attached hydrogens (tertiary/aromatic N) is 1. The van der Waals surface area contributed by atoms with Gasteiger partial charge in [-0.05, 0) is 31.0 Å². The van der Waals surface area contributed by atoms with Crippen molar-refractivity contribution in [2.75, 3.05) is 11.9 Å². The van der Waals surface area contributed by atoms with E-state index >= 15 is 0 Å². The minimum Gasteiger partial charge on any atom is -0.492 e. The first kappa shape index (κ1) is 15.4.